The SMILES string of the molecule is CC1(C)CC(=O)c2sc(NC(=O)[C@@H]3C[C@H]3[N+](=O)[O-])nc2C1. The average Bonchev–Trinajstić information content (AvgIpc) is 3.05. The van der Waals surface area contributed by atoms with Gasteiger partial charge in [-0.05, 0) is 11.8 Å². The Balaban J connectivity index is 1.73. The minimum absolute atomic E-state index is 0.0499. The number of hydrogen-bond donors (Lipinski definition) is 1. The van der Waals surface area contributed by atoms with Crippen molar-refractivity contribution < 1.29 is 14.5 Å². The lowest BCUT2D eigenvalue weighted by molar-refractivity contribution is -0.497. The monoisotopic (exact) mass is 309 g/mol. The molecule has 1 aromatic rings. The van der Waals surface area contributed by atoms with Gasteiger partial charge in [0.1, 0.15) is 5.92 Å². The summed E-state index contributed by atoms with van der Waals surface area (Å²) in [4.78, 5) is 39.0. The van der Waals surface area contributed by atoms with Crippen LogP contribution in [0.1, 0.15) is 42.1 Å². The van der Waals surface area contributed by atoms with Crippen LogP contribution in [0.25, 0.3) is 0 Å². The van der Waals surface area contributed by atoms with Gasteiger partial charge in [-0.3, -0.25) is 19.7 Å². The summed E-state index contributed by atoms with van der Waals surface area (Å²) in [5, 5.41) is 13.5. The Morgan fingerprint density at radius 3 is 2.81 bits per heavy atom. The molecule has 3 rings (SSSR count). The van der Waals surface area contributed by atoms with Crippen LogP contribution < -0.4 is 5.32 Å². The smallest absolute Gasteiger partial charge is 0.236 e. The lowest BCUT2D eigenvalue weighted by Gasteiger charge is -2.26. The predicted molar refractivity (Wildman–Crippen MR) is 76.1 cm³/mol. The molecule has 0 radical (unpaired) electrons. The molecule has 2 atom stereocenters. The quantitative estimate of drug-likeness (QED) is 0.678. The molecule has 1 amide bonds. The number of fused-ring (bicyclic) bond motifs is 1. The van der Waals surface area contributed by atoms with Crippen molar-refractivity contribution in [3.05, 3.63) is 20.7 Å². The molecular weight excluding hydrogens is 294 g/mol. The Hall–Kier alpha value is -1.83. The molecule has 0 bridgehead atoms. The third-order valence-corrected chi connectivity index (χ3v) is 4.88. The van der Waals surface area contributed by atoms with E-state index >= 15 is 0 Å². The average molecular weight is 309 g/mol. The standard InChI is InChI=1S/C13H15N3O4S/c1-13(2)4-7-10(9(17)5-13)21-12(14-7)15-11(18)6-3-8(6)16(19)20/h6,8H,3-5H2,1-2H3,(H,14,15,18)/t6-,8-/m1/s1. The van der Waals surface area contributed by atoms with Gasteiger partial charge in [0, 0.05) is 17.8 Å². The van der Waals surface area contributed by atoms with Crippen LogP contribution in [0.15, 0.2) is 0 Å². The summed E-state index contributed by atoms with van der Waals surface area (Å²) in [6.45, 7) is 4.02. The molecule has 1 fully saturated rings. The van der Waals surface area contributed by atoms with E-state index in [9.17, 15) is 19.7 Å². The van der Waals surface area contributed by atoms with E-state index < -0.39 is 16.9 Å². The summed E-state index contributed by atoms with van der Waals surface area (Å²) >= 11 is 1.16. The van der Waals surface area contributed by atoms with Crippen LogP contribution in [0, 0.1) is 21.4 Å². The number of hydrogen-bond acceptors (Lipinski definition) is 6. The summed E-state index contributed by atoms with van der Waals surface area (Å²) in [5.74, 6) is -0.906. The number of nitrogens with zero attached hydrogens (tertiary/aromatic N) is 2. The summed E-state index contributed by atoms with van der Waals surface area (Å²) in [5.41, 5.74) is 0.602. The summed E-state index contributed by atoms with van der Waals surface area (Å²) < 4.78 is 0. The van der Waals surface area contributed by atoms with Crippen molar-refractivity contribution in [2.75, 3.05) is 5.32 Å². The summed E-state index contributed by atoms with van der Waals surface area (Å²) in [6.07, 6.45) is 1.44. The van der Waals surface area contributed by atoms with E-state index in [1.54, 1.807) is 0 Å². The number of nitro groups is 1. The maximum Gasteiger partial charge on any atom is 0.236 e. The molecule has 0 aromatic carbocycles. The van der Waals surface area contributed by atoms with Crippen LogP contribution in [0.2, 0.25) is 0 Å². The van der Waals surface area contributed by atoms with E-state index in [2.05, 4.69) is 10.3 Å². The zero-order valence-electron chi connectivity index (χ0n) is 11.7. The zero-order valence-corrected chi connectivity index (χ0v) is 12.5. The van der Waals surface area contributed by atoms with E-state index in [0.717, 1.165) is 17.0 Å². The summed E-state index contributed by atoms with van der Waals surface area (Å²) in [6, 6.07) is -0.778. The fourth-order valence-electron chi connectivity index (χ4n) is 2.67. The van der Waals surface area contributed by atoms with Crippen LogP contribution in [0.3, 0.4) is 0 Å². The van der Waals surface area contributed by atoms with Crippen LogP contribution in [0.5, 0.6) is 0 Å². The van der Waals surface area contributed by atoms with E-state index in [1.165, 1.54) is 0 Å². The topological polar surface area (TPSA) is 102 Å². The van der Waals surface area contributed by atoms with Crippen molar-refractivity contribution in [3.63, 3.8) is 0 Å². The molecule has 2 aliphatic carbocycles. The molecule has 2 aliphatic rings. The number of ketones is 1. The first-order chi connectivity index (χ1) is 9.77. The lowest BCUT2D eigenvalue weighted by atomic mass is 9.78. The van der Waals surface area contributed by atoms with Gasteiger partial charge in [-0.15, -0.1) is 0 Å². The third kappa shape index (κ3) is 2.67. The number of nitrogens with one attached hydrogen (secondary N) is 1. The van der Waals surface area contributed by atoms with Crippen molar-refractivity contribution in [2.45, 2.75) is 39.2 Å². The maximum atomic E-state index is 12.1. The van der Waals surface area contributed by atoms with Gasteiger partial charge in [0.2, 0.25) is 11.9 Å². The molecule has 1 saturated carbocycles. The van der Waals surface area contributed by atoms with Crippen molar-refractivity contribution >= 4 is 28.2 Å². The maximum absolute atomic E-state index is 12.1. The van der Waals surface area contributed by atoms with E-state index in [4.69, 9.17) is 0 Å². The number of anilines is 1. The first kappa shape index (κ1) is 14.1. The van der Waals surface area contributed by atoms with Crippen molar-refractivity contribution in [1.29, 1.82) is 0 Å². The van der Waals surface area contributed by atoms with Gasteiger partial charge in [0.15, 0.2) is 10.9 Å². The van der Waals surface area contributed by atoms with Crippen molar-refractivity contribution in [2.24, 2.45) is 11.3 Å². The fraction of sp³-hybridized carbons (Fsp3) is 0.615. The molecule has 1 heterocycles. The van der Waals surface area contributed by atoms with Gasteiger partial charge < -0.3 is 5.32 Å². The molecule has 1 N–H and O–H groups in total. The van der Waals surface area contributed by atoms with Crippen molar-refractivity contribution in [1.82, 2.24) is 4.98 Å². The lowest BCUT2D eigenvalue weighted by Crippen LogP contribution is -2.26. The minimum Gasteiger partial charge on any atom is -0.301 e. The van der Waals surface area contributed by atoms with Crippen molar-refractivity contribution in [3.8, 4) is 0 Å². The molecule has 21 heavy (non-hydrogen) atoms. The molecule has 1 aromatic heterocycles. The van der Waals surface area contributed by atoms with Crippen LogP contribution >= 0.6 is 11.3 Å². The molecule has 112 valence electrons. The zero-order chi connectivity index (χ0) is 15.4. The second-order valence-corrected chi connectivity index (χ2v) is 7.42. The highest BCUT2D eigenvalue weighted by molar-refractivity contribution is 7.17. The van der Waals surface area contributed by atoms with E-state index in [-0.39, 0.29) is 23.5 Å². The number of rotatable bonds is 3. The molecule has 0 unspecified atom stereocenters. The minimum atomic E-state index is -0.778. The fourth-order valence-corrected chi connectivity index (χ4v) is 3.59. The van der Waals surface area contributed by atoms with Crippen LogP contribution in [-0.4, -0.2) is 27.6 Å². The number of carbonyl (C=O) groups is 2. The van der Waals surface area contributed by atoms with Gasteiger partial charge in [-0.1, -0.05) is 25.2 Å². The molecule has 7 nitrogen and oxygen atoms in total. The second-order valence-electron chi connectivity index (χ2n) is 6.42. The van der Waals surface area contributed by atoms with E-state index in [0.29, 0.717) is 22.9 Å². The third-order valence-electron chi connectivity index (χ3n) is 3.83. The number of Topliss-reactive ketones (excluding diaryl/α,β-unsaturated/α-hetero) is 1. The van der Waals surface area contributed by atoms with E-state index in [1.807, 2.05) is 13.8 Å². The van der Waals surface area contributed by atoms with Crippen LogP contribution in [0.4, 0.5) is 5.13 Å². The number of carbonyl (C=O) groups excluding carboxylic acids is 2. The Kier molecular flexibility index (Phi) is 3.09. The van der Waals surface area contributed by atoms with Gasteiger partial charge in [-0.25, -0.2) is 4.98 Å². The Morgan fingerprint density at radius 2 is 2.19 bits per heavy atom. The second kappa shape index (κ2) is 4.59. The van der Waals surface area contributed by atoms with Gasteiger partial charge in [0.05, 0.1) is 10.6 Å². The van der Waals surface area contributed by atoms with Gasteiger partial charge in [-0.2, -0.15) is 0 Å². The molecule has 0 aliphatic heterocycles. The van der Waals surface area contributed by atoms with Gasteiger partial charge in [0.25, 0.3) is 0 Å². The largest absolute Gasteiger partial charge is 0.301 e. The number of aromatic nitrogens is 1. The van der Waals surface area contributed by atoms with Gasteiger partial charge >= 0.3 is 0 Å². The number of thiazole rings is 1. The molecule has 0 spiro atoms. The Morgan fingerprint density at radius 1 is 1.48 bits per heavy atom. The molecule has 8 heteroatoms. The Bertz CT molecular complexity index is 652. The highest BCUT2D eigenvalue weighted by atomic mass is 32.1. The number of amides is 1. The molecule has 0 saturated heterocycles. The highest BCUT2D eigenvalue weighted by Crippen LogP contribution is 2.39. The predicted octanol–water partition coefficient (Wildman–Crippen LogP) is 1.90. The normalized spacial score (nSPS) is 26.1. The Labute approximate surface area is 124 Å². The highest BCUT2D eigenvalue weighted by Gasteiger charge is 2.53. The first-order valence-electron chi connectivity index (χ1n) is 6.74. The summed E-state index contributed by atoms with van der Waals surface area (Å²) in [7, 11) is 0. The molecular formula is C13H15N3O4S. The first-order valence-corrected chi connectivity index (χ1v) is 7.56. The van der Waals surface area contributed by atoms with Crippen LogP contribution in [-0.2, 0) is 11.2 Å².